The normalized spacial score (nSPS) is 18.5. The van der Waals surface area contributed by atoms with E-state index in [0.29, 0.717) is 5.76 Å². The number of benzene rings is 1. The predicted molar refractivity (Wildman–Crippen MR) is 68.3 cm³/mol. The second-order valence-electron chi connectivity index (χ2n) is 4.60. The van der Waals surface area contributed by atoms with Crippen molar-refractivity contribution in [3.8, 4) is 0 Å². The van der Waals surface area contributed by atoms with Crippen molar-refractivity contribution in [1.29, 1.82) is 0 Å². The number of hydrogen-bond acceptors (Lipinski definition) is 2. The molecular formula is C15H15NO2. The van der Waals surface area contributed by atoms with Gasteiger partial charge in [-0.3, -0.25) is 4.79 Å². The Morgan fingerprint density at radius 2 is 2.11 bits per heavy atom. The summed E-state index contributed by atoms with van der Waals surface area (Å²) in [6.45, 7) is 2.82. The van der Waals surface area contributed by atoms with Gasteiger partial charge in [0.25, 0.3) is 5.91 Å². The summed E-state index contributed by atoms with van der Waals surface area (Å²) >= 11 is 0. The minimum Gasteiger partial charge on any atom is -0.459 e. The number of amides is 1. The SMILES string of the molecule is CC1c2ccccc2CCN1C(=O)c1ccco1. The number of hydrogen-bond donors (Lipinski definition) is 0. The minimum absolute atomic E-state index is 0.0259. The molecule has 0 radical (unpaired) electrons. The molecule has 0 N–H and O–H groups in total. The van der Waals surface area contributed by atoms with Crippen LogP contribution in [0.5, 0.6) is 0 Å². The highest BCUT2D eigenvalue weighted by Gasteiger charge is 2.28. The Morgan fingerprint density at radius 1 is 1.28 bits per heavy atom. The van der Waals surface area contributed by atoms with Gasteiger partial charge in [-0.05, 0) is 36.6 Å². The van der Waals surface area contributed by atoms with Gasteiger partial charge in [-0.25, -0.2) is 0 Å². The molecule has 1 aromatic carbocycles. The Bertz CT molecular complexity index is 560. The topological polar surface area (TPSA) is 33.5 Å². The van der Waals surface area contributed by atoms with Gasteiger partial charge in [0.05, 0.1) is 12.3 Å². The van der Waals surface area contributed by atoms with Gasteiger partial charge in [-0.2, -0.15) is 0 Å². The summed E-state index contributed by atoms with van der Waals surface area (Å²) in [5.41, 5.74) is 2.58. The molecule has 0 saturated carbocycles. The average molecular weight is 241 g/mol. The molecule has 0 bridgehead atoms. The lowest BCUT2D eigenvalue weighted by molar-refractivity contribution is 0.0645. The number of rotatable bonds is 1. The van der Waals surface area contributed by atoms with Crippen molar-refractivity contribution in [2.45, 2.75) is 19.4 Å². The Hall–Kier alpha value is -2.03. The van der Waals surface area contributed by atoms with Crippen LogP contribution in [-0.4, -0.2) is 17.4 Å². The fourth-order valence-electron chi connectivity index (χ4n) is 2.59. The molecule has 1 aliphatic rings. The van der Waals surface area contributed by atoms with Crippen molar-refractivity contribution < 1.29 is 9.21 Å². The van der Waals surface area contributed by atoms with Crippen LogP contribution in [0.3, 0.4) is 0 Å². The molecule has 1 unspecified atom stereocenters. The minimum atomic E-state index is -0.0259. The lowest BCUT2D eigenvalue weighted by atomic mass is 9.93. The monoisotopic (exact) mass is 241 g/mol. The molecule has 2 aromatic rings. The molecule has 0 fully saturated rings. The first-order valence-corrected chi connectivity index (χ1v) is 6.19. The number of fused-ring (bicyclic) bond motifs is 1. The van der Waals surface area contributed by atoms with Crippen LogP contribution in [0.15, 0.2) is 47.1 Å². The molecule has 0 aliphatic carbocycles. The van der Waals surface area contributed by atoms with Gasteiger partial charge in [-0.15, -0.1) is 0 Å². The van der Waals surface area contributed by atoms with Gasteiger partial charge < -0.3 is 9.32 Å². The molecule has 1 atom stereocenters. The molecule has 92 valence electrons. The zero-order valence-electron chi connectivity index (χ0n) is 10.3. The van der Waals surface area contributed by atoms with E-state index in [4.69, 9.17) is 4.42 Å². The second-order valence-corrected chi connectivity index (χ2v) is 4.60. The fourth-order valence-corrected chi connectivity index (χ4v) is 2.59. The molecule has 18 heavy (non-hydrogen) atoms. The van der Waals surface area contributed by atoms with Crippen LogP contribution in [0, 0.1) is 0 Å². The summed E-state index contributed by atoms with van der Waals surface area (Å²) in [6, 6.07) is 11.9. The smallest absolute Gasteiger partial charge is 0.290 e. The van der Waals surface area contributed by atoms with Gasteiger partial charge in [0, 0.05) is 6.54 Å². The third-order valence-electron chi connectivity index (χ3n) is 3.59. The van der Waals surface area contributed by atoms with E-state index in [2.05, 4.69) is 25.1 Å². The van der Waals surface area contributed by atoms with Gasteiger partial charge in [0.1, 0.15) is 0 Å². The average Bonchev–Trinajstić information content (AvgIpc) is 2.93. The first-order valence-electron chi connectivity index (χ1n) is 6.19. The summed E-state index contributed by atoms with van der Waals surface area (Å²) in [4.78, 5) is 14.2. The molecule has 0 saturated heterocycles. The Kier molecular flexibility index (Phi) is 2.67. The third-order valence-corrected chi connectivity index (χ3v) is 3.59. The number of nitrogens with zero attached hydrogens (tertiary/aromatic N) is 1. The standard InChI is InChI=1S/C15H15NO2/c1-11-13-6-3-2-5-12(13)8-9-16(11)15(17)14-7-4-10-18-14/h2-7,10-11H,8-9H2,1H3. The van der Waals surface area contributed by atoms with Crippen LogP contribution >= 0.6 is 0 Å². The Balaban J connectivity index is 1.91. The predicted octanol–water partition coefficient (Wildman–Crippen LogP) is 3.04. The van der Waals surface area contributed by atoms with Crippen molar-refractivity contribution >= 4 is 5.91 Å². The van der Waals surface area contributed by atoms with E-state index in [-0.39, 0.29) is 11.9 Å². The van der Waals surface area contributed by atoms with Crippen LogP contribution in [-0.2, 0) is 6.42 Å². The Labute approximate surface area is 106 Å². The van der Waals surface area contributed by atoms with E-state index in [1.807, 2.05) is 11.0 Å². The molecule has 0 spiro atoms. The van der Waals surface area contributed by atoms with E-state index in [0.717, 1.165) is 13.0 Å². The largest absolute Gasteiger partial charge is 0.459 e. The van der Waals surface area contributed by atoms with Crippen molar-refractivity contribution in [3.05, 3.63) is 59.5 Å². The lowest BCUT2D eigenvalue weighted by Gasteiger charge is -2.34. The lowest BCUT2D eigenvalue weighted by Crippen LogP contribution is -2.38. The first-order chi connectivity index (χ1) is 8.77. The number of carbonyl (C=O) groups is 1. The molecule has 1 aromatic heterocycles. The van der Waals surface area contributed by atoms with E-state index in [9.17, 15) is 4.79 Å². The van der Waals surface area contributed by atoms with E-state index in [1.54, 1.807) is 12.1 Å². The van der Waals surface area contributed by atoms with Crippen LogP contribution in [0.4, 0.5) is 0 Å². The fraction of sp³-hybridized carbons (Fsp3) is 0.267. The summed E-state index contributed by atoms with van der Waals surface area (Å²) in [5.74, 6) is 0.392. The zero-order valence-corrected chi connectivity index (χ0v) is 10.3. The van der Waals surface area contributed by atoms with Crippen molar-refractivity contribution in [2.75, 3.05) is 6.54 Å². The Morgan fingerprint density at radius 3 is 2.89 bits per heavy atom. The highest BCUT2D eigenvalue weighted by molar-refractivity contribution is 5.91. The van der Waals surface area contributed by atoms with Crippen LogP contribution in [0.2, 0.25) is 0 Å². The van der Waals surface area contributed by atoms with E-state index >= 15 is 0 Å². The quantitative estimate of drug-likeness (QED) is 0.769. The second kappa shape index (κ2) is 4.33. The van der Waals surface area contributed by atoms with Crippen molar-refractivity contribution in [1.82, 2.24) is 4.90 Å². The van der Waals surface area contributed by atoms with Crippen molar-refractivity contribution in [2.24, 2.45) is 0 Å². The summed E-state index contributed by atoms with van der Waals surface area (Å²) in [6.07, 6.45) is 2.45. The molecular weight excluding hydrogens is 226 g/mol. The number of carbonyl (C=O) groups excluding carboxylic acids is 1. The molecule has 3 nitrogen and oxygen atoms in total. The first kappa shape index (κ1) is 11.1. The van der Waals surface area contributed by atoms with E-state index in [1.165, 1.54) is 17.4 Å². The molecule has 3 rings (SSSR count). The van der Waals surface area contributed by atoms with Crippen LogP contribution in [0.25, 0.3) is 0 Å². The zero-order chi connectivity index (χ0) is 12.5. The van der Waals surface area contributed by atoms with Crippen LogP contribution in [0.1, 0.15) is 34.6 Å². The van der Waals surface area contributed by atoms with Gasteiger partial charge in [-0.1, -0.05) is 24.3 Å². The van der Waals surface area contributed by atoms with Gasteiger partial charge in [0.2, 0.25) is 0 Å². The van der Waals surface area contributed by atoms with E-state index < -0.39 is 0 Å². The van der Waals surface area contributed by atoms with Crippen molar-refractivity contribution in [3.63, 3.8) is 0 Å². The summed E-state index contributed by atoms with van der Waals surface area (Å²) in [5, 5.41) is 0. The third kappa shape index (κ3) is 1.72. The molecule has 3 heteroatoms. The van der Waals surface area contributed by atoms with Crippen LogP contribution < -0.4 is 0 Å². The number of furan rings is 1. The molecule has 1 aliphatic heterocycles. The van der Waals surface area contributed by atoms with Gasteiger partial charge >= 0.3 is 0 Å². The maximum Gasteiger partial charge on any atom is 0.290 e. The highest BCUT2D eigenvalue weighted by Crippen LogP contribution is 2.30. The highest BCUT2D eigenvalue weighted by atomic mass is 16.3. The maximum absolute atomic E-state index is 12.3. The summed E-state index contributed by atoms with van der Waals surface area (Å²) in [7, 11) is 0. The summed E-state index contributed by atoms with van der Waals surface area (Å²) < 4.78 is 5.19. The maximum atomic E-state index is 12.3. The molecule has 2 heterocycles. The molecule has 1 amide bonds. The van der Waals surface area contributed by atoms with Gasteiger partial charge in [0.15, 0.2) is 5.76 Å².